The molecule has 4 nitrogen and oxygen atoms in total. The van der Waals surface area contributed by atoms with Crippen LogP contribution in [-0.4, -0.2) is 23.6 Å². The van der Waals surface area contributed by atoms with E-state index < -0.39 is 6.03 Å². The van der Waals surface area contributed by atoms with Gasteiger partial charge in [-0.25, -0.2) is 15.6 Å². The lowest BCUT2D eigenvalue weighted by Gasteiger charge is -2.06. The summed E-state index contributed by atoms with van der Waals surface area (Å²) >= 11 is 4.33. The van der Waals surface area contributed by atoms with Crippen molar-refractivity contribution in [2.45, 2.75) is 0 Å². The van der Waals surface area contributed by atoms with E-state index in [9.17, 15) is 4.79 Å². The van der Waals surface area contributed by atoms with E-state index in [1.807, 2.05) is 0 Å². The highest BCUT2D eigenvalue weighted by molar-refractivity contribution is 7.78. The van der Waals surface area contributed by atoms with Crippen LogP contribution in [0, 0.1) is 0 Å². The zero-order valence-electron chi connectivity index (χ0n) is 4.42. The van der Waals surface area contributed by atoms with Crippen LogP contribution in [0.3, 0.4) is 0 Å². The number of thiocarbonyl (C=S) groups is 1. The third kappa shape index (κ3) is 1.85. The molecule has 0 radical (unpaired) electrons. The van der Waals surface area contributed by atoms with Crippen LogP contribution in [0.4, 0.5) is 4.79 Å². The molecule has 0 spiro atoms. The van der Waals surface area contributed by atoms with E-state index in [0.29, 0.717) is 0 Å². The molecule has 5 heteroatoms. The number of nitrogens with one attached hydrogen (secondary N) is 1. The number of amides is 2. The standard InChI is InChI=1S/C3H7N3OS/c1-5-3(7)6(4)2-8/h2H,4H2,1H3,(H,5,7). The fourth-order valence-corrected chi connectivity index (χ4v) is 0.273. The topological polar surface area (TPSA) is 58.4 Å². The predicted molar refractivity (Wildman–Crippen MR) is 34.1 cm³/mol. The zero-order valence-corrected chi connectivity index (χ0v) is 5.23. The van der Waals surface area contributed by atoms with E-state index in [1.54, 1.807) is 0 Å². The maximum Gasteiger partial charge on any atom is 0.336 e. The second-order valence-electron chi connectivity index (χ2n) is 1.07. The molecule has 0 unspecified atom stereocenters. The summed E-state index contributed by atoms with van der Waals surface area (Å²) in [6.45, 7) is 0. The summed E-state index contributed by atoms with van der Waals surface area (Å²) in [7, 11) is 1.47. The number of carbonyl (C=O) groups excluding carboxylic acids is 1. The van der Waals surface area contributed by atoms with Crippen molar-refractivity contribution in [1.29, 1.82) is 0 Å². The minimum absolute atomic E-state index is 0.417. The Labute approximate surface area is 52.6 Å². The molecule has 0 aliphatic rings. The molecule has 0 fully saturated rings. The highest BCUT2D eigenvalue weighted by Crippen LogP contribution is 1.70. The van der Waals surface area contributed by atoms with Gasteiger partial charge in [0.15, 0.2) is 0 Å². The van der Waals surface area contributed by atoms with Crippen LogP contribution in [0.1, 0.15) is 0 Å². The first kappa shape index (κ1) is 7.32. The predicted octanol–water partition coefficient (Wildman–Crippen LogP) is -0.541. The minimum Gasteiger partial charge on any atom is -0.340 e. The molecule has 0 saturated heterocycles. The Bertz CT molecular complexity index is 105. The van der Waals surface area contributed by atoms with E-state index >= 15 is 0 Å². The molecule has 0 saturated carbocycles. The van der Waals surface area contributed by atoms with Gasteiger partial charge in [0.25, 0.3) is 0 Å². The van der Waals surface area contributed by atoms with Gasteiger partial charge in [-0.2, -0.15) is 0 Å². The van der Waals surface area contributed by atoms with Crippen molar-refractivity contribution >= 4 is 23.7 Å². The van der Waals surface area contributed by atoms with Gasteiger partial charge in [-0.3, -0.25) is 0 Å². The molecule has 0 rings (SSSR count). The van der Waals surface area contributed by atoms with E-state index in [-0.39, 0.29) is 0 Å². The van der Waals surface area contributed by atoms with Crippen molar-refractivity contribution < 1.29 is 4.79 Å². The van der Waals surface area contributed by atoms with Crippen LogP contribution in [0.5, 0.6) is 0 Å². The van der Waals surface area contributed by atoms with Crippen LogP contribution >= 0.6 is 12.2 Å². The van der Waals surface area contributed by atoms with Gasteiger partial charge in [0, 0.05) is 7.05 Å². The second-order valence-corrected chi connectivity index (χ2v) is 1.28. The Morgan fingerprint density at radius 2 is 2.50 bits per heavy atom. The van der Waals surface area contributed by atoms with Crippen molar-refractivity contribution in [1.82, 2.24) is 10.3 Å². The normalized spacial score (nSPS) is 7.75. The summed E-state index contributed by atoms with van der Waals surface area (Å²) in [4.78, 5) is 10.3. The fourth-order valence-electron chi connectivity index (χ4n) is 0.177. The van der Waals surface area contributed by atoms with E-state index in [4.69, 9.17) is 5.84 Å². The average Bonchev–Trinajstić information content (AvgIpc) is 1.84. The Morgan fingerprint density at radius 3 is 2.62 bits per heavy atom. The fraction of sp³-hybridized carbons (Fsp3) is 0.333. The third-order valence-corrected chi connectivity index (χ3v) is 0.789. The third-order valence-electron chi connectivity index (χ3n) is 0.562. The second kappa shape index (κ2) is 3.34. The number of hydrogen-bond acceptors (Lipinski definition) is 3. The molecule has 0 atom stereocenters. The Hall–Kier alpha value is -0.680. The van der Waals surface area contributed by atoms with Gasteiger partial charge in [-0.1, -0.05) is 12.2 Å². The summed E-state index contributed by atoms with van der Waals surface area (Å²) in [6.07, 6.45) is 0. The molecule has 0 aromatic rings. The van der Waals surface area contributed by atoms with Gasteiger partial charge in [0.05, 0.1) is 5.49 Å². The Morgan fingerprint density at radius 1 is 2.00 bits per heavy atom. The van der Waals surface area contributed by atoms with Crippen LogP contribution in [0.2, 0.25) is 0 Å². The Kier molecular flexibility index (Phi) is 3.05. The van der Waals surface area contributed by atoms with Gasteiger partial charge in [0.2, 0.25) is 0 Å². The zero-order chi connectivity index (χ0) is 6.57. The highest BCUT2D eigenvalue weighted by Gasteiger charge is 1.98. The molecule has 0 aromatic heterocycles. The molecule has 46 valence electrons. The number of hydrogen-bond donors (Lipinski definition) is 2. The van der Waals surface area contributed by atoms with Crippen molar-refractivity contribution in [3.8, 4) is 0 Å². The SMILES string of the molecule is CNC(=O)N(N)C=S. The van der Waals surface area contributed by atoms with Crippen molar-refractivity contribution in [3.63, 3.8) is 0 Å². The average molecular weight is 133 g/mol. The van der Waals surface area contributed by atoms with Crippen molar-refractivity contribution in [3.05, 3.63) is 0 Å². The lowest BCUT2D eigenvalue weighted by Crippen LogP contribution is -2.41. The molecule has 2 amide bonds. The van der Waals surface area contributed by atoms with E-state index in [1.165, 1.54) is 7.05 Å². The first-order chi connectivity index (χ1) is 3.72. The first-order valence-corrected chi connectivity index (χ1v) is 2.40. The highest BCUT2D eigenvalue weighted by atomic mass is 32.1. The number of rotatable bonds is 1. The maximum atomic E-state index is 10.3. The lowest BCUT2D eigenvalue weighted by molar-refractivity contribution is 0.225. The summed E-state index contributed by atoms with van der Waals surface area (Å²) < 4.78 is 0. The van der Waals surface area contributed by atoms with Crippen molar-refractivity contribution in [2.24, 2.45) is 5.84 Å². The molecule has 0 heterocycles. The number of nitrogens with zero attached hydrogens (tertiary/aromatic N) is 1. The molecule has 8 heavy (non-hydrogen) atoms. The smallest absolute Gasteiger partial charge is 0.336 e. The molecule has 0 aromatic carbocycles. The number of carbonyl (C=O) groups is 1. The lowest BCUT2D eigenvalue weighted by atomic mass is 10.9. The maximum absolute atomic E-state index is 10.3. The van der Waals surface area contributed by atoms with Gasteiger partial charge in [-0.15, -0.1) is 0 Å². The van der Waals surface area contributed by atoms with Gasteiger partial charge >= 0.3 is 6.03 Å². The molecule has 0 aliphatic carbocycles. The van der Waals surface area contributed by atoms with Gasteiger partial charge in [-0.05, 0) is 0 Å². The van der Waals surface area contributed by atoms with Crippen LogP contribution in [0.25, 0.3) is 0 Å². The largest absolute Gasteiger partial charge is 0.340 e. The van der Waals surface area contributed by atoms with Crippen molar-refractivity contribution in [2.75, 3.05) is 7.05 Å². The van der Waals surface area contributed by atoms with Gasteiger partial charge < -0.3 is 5.32 Å². The summed E-state index contributed by atoms with van der Waals surface area (Å²) in [5.41, 5.74) is 1.05. The molecule has 0 bridgehead atoms. The molecular formula is C3H7N3OS. The summed E-state index contributed by atoms with van der Waals surface area (Å²) in [5.74, 6) is 4.99. The van der Waals surface area contributed by atoms with E-state index in [2.05, 4.69) is 17.5 Å². The molecule has 0 aliphatic heterocycles. The quantitative estimate of drug-likeness (QED) is 0.218. The summed E-state index contributed by atoms with van der Waals surface area (Å²) in [5, 5.41) is 3.07. The minimum atomic E-state index is -0.417. The number of nitrogens with two attached hydrogens (primary N) is 1. The summed E-state index contributed by atoms with van der Waals surface area (Å²) in [6, 6.07) is -0.417. The molecular weight excluding hydrogens is 126 g/mol. The van der Waals surface area contributed by atoms with Crippen LogP contribution in [-0.2, 0) is 0 Å². The first-order valence-electron chi connectivity index (χ1n) is 1.93. The molecule has 3 N–H and O–H groups in total. The van der Waals surface area contributed by atoms with Crippen LogP contribution < -0.4 is 11.2 Å². The van der Waals surface area contributed by atoms with Gasteiger partial charge in [0.1, 0.15) is 0 Å². The Balaban J connectivity index is 3.62. The monoisotopic (exact) mass is 133 g/mol. The number of hydrazine groups is 1. The number of urea groups is 1. The van der Waals surface area contributed by atoms with Crippen LogP contribution in [0.15, 0.2) is 0 Å². The van der Waals surface area contributed by atoms with E-state index in [0.717, 1.165) is 10.5 Å².